The van der Waals surface area contributed by atoms with Crippen LogP contribution in [0.5, 0.6) is 5.75 Å². The van der Waals surface area contributed by atoms with Crippen LogP contribution < -0.4 is 10.1 Å². The number of halogens is 1. The Balaban J connectivity index is 1.17. The third-order valence-electron chi connectivity index (χ3n) is 7.97. The first-order valence-corrected chi connectivity index (χ1v) is 15.2. The summed E-state index contributed by atoms with van der Waals surface area (Å²) in [5, 5.41) is 13.2. The van der Waals surface area contributed by atoms with Crippen LogP contribution in [0.2, 0.25) is 0 Å². The van der Waals surface area contributed by atoms with Gasteiger partial charge < -0.3 is 19.9 Å². The van der Waals surface area contributed by atoms with E-state index in [4.69, 9.17) is 4.74 Å². The van der Waals surface area contributed by atoms with E-state index in [1.54, 1.807) is 6.20 Å². The van der Waals surface area contributed by atoms with Crippen molar-refractivity contribution in [1.29, 1.82) is 0 Å². The number of likely N-dealkylation sites (N-methyl/N-ethyl adjacent to an activating group) is 1. The molecule has 4 aromatic heterocycles. The van der Waals surface area contributed by atoms with Crippen LogP contribution in [0, 0.1) is 5.82 Å². The van der Waals surface area contributed by atoms with Gasteiger partial charge in [-0.1, -0.05) is 36.4 Å². The van der Waals surface area contributed by atoms with Gasteiger partial charge in [0.15, 0.2) is 0 Å². The Morgan fingerprint density at radius 3 is 2.57 bits per heavy atom. The highest BCUT2D eigenvalue weighted by atomic mass is 19.1. The van der Waals surface area contributed by atoms with Gasteiger partial charge in [-0.2, -0.15) is 5.10 Å². The molecule has 9 heteroatoms. The summed E-state index contributed by atoms with van der Waals surface area (Å²) in [5.74, 6) is 0.142. The number of hydrogen-bond donors (Lipinski definition) is 3. The Morgan fingerprint density at radius 1 is 0.826 bits per heavy atom. The maximum Gasteiger partial charge on any atom is 0.138 e. The number of nitrogens with one attached hydrogen (secondary N) is 3. The number of rotatable bonds is 11. The average Bonchev–Trinajstić information content (AvgIpc) is 3.69. The van der Waals surface area contributed by atoms with E-state index in [1.807, 2.05) is 61.7 Å². The molecule has 3 N–H and O–H groups in total. The fourth-order valence-electron chi connectivity index (χ4n) is 5.64. The van der Waals surface area contributed by atoms with Crippen LogP contribution in [-0.2, 0) is 13.1 Å². The minimum atomic E-state index is -0.352. The van der Waals surface area contributed by atoms with Crippen molar-refractivity contribution in [2.45, 2.75) is 13.1 Å². The molecular formula is C37H34FN7O. The number of H-pyrrole nitrogens is 2. The number of fused-ring (bicyclic) bond motifs is 2. The van der Waals surface area contributed by atoms with Gasteiger partial charge in [0.1, 0.15) is 29.5 Å². The lowest BCUT2D eigenvalue weighted by molar-refractivity contribution is 0.260. The number of benzene rings is 3. The minimum absolute atomic E-state index is 0.352. The first-order valence-electron chi connectivity index (χ1n) is 15.2. The third-order valence-corrected chi connectivity index (χ3v) is 7.97. The maximum atomic E-state index is 14.7. The molecule has 7 aromatic rings. The second-order valence-corrected chi connectivity index (χ2v) is 11.6. The Bertz CT molecular complexity index is 2120. The zero-order valence-corrected chi connectivity index (χ0v) is 25.7. The van der Waals surface area contributed by atoms with Gasteiger partial charge in [0.05, 0.1) is 11.2 Å². The van der Waals surface area contributed by atoms with Crippen LogP contribution >= 0.6 is 0 Å². The van der Waals surface area contributed by atoms with E-state index in [9.17, 15) is 4.39 Å². The molecule has 0 saturated heterocycles. The second kappa shape index (κ2) is 12.9. The van der Waals surface area contributed by atoms with Gasteiger partial charge in [0, 0.05) is 60.6 Å². The molecule has 0 saturated carbocycles. The Morgan fingerprint density at radius 2 is 1.70 bits per heavy atom. The second-order valence-electron chi connectivity index (χ2n) is 11.6. The van der Waals surface area contributed by atoms with Crippen LogP contribution in [0.1, 0.15) is 11.1 Å². The van der Waals surface area contributed by atoms with E-state index < -0.39 is 0 Å². The summed E-state index contributed by atoms with van der Waals surface area (Å²) in [6.45, 7) is 2.71. The summed E-state index contributed by atoms with van der Waals surface area (Å²) in [4.78, 5) is 14.6. The normalized spacial score (nSPS) is 11.6. The summed E-state index contributed by atoms with van der Waals surface area (Å²) in [6, 6.07) is 27.5. The molecular weight excluding hydrogens is 577 g/mol. The quantitative estimate of drug-likeness (QED) is 0.143. The van der Waals surface area contributed by atoms with Gasteiger partial charge >= 0.3 is 0 Å². The van der Waals surface area contributed by atoms with Crippen LogP contribution in [0.25, 0.3) is 55.6 Å². The lowest BCUT2D eigenvalue weighted by Gasteiger charge is -2.12. The highest BCUT2D eigenvalue weighted by molar-refractivity contribution is 6.00. The topological polar surface area (TPSA) is 94.8 Å². The van der Waals surface area contributed by atoms with Crippen LogP contribution in [0.3, 0.4) is 0 Å². The lowest BCUT2D eigenvalue weighted by Crippen LogP contribution is -2.19. The lowest BCUT2D eigenvalue weighted by atomic mass is 10.0. The molecule has 0 spiro atoms. The zero-order valence-electron chi connectivity index (χ0n) is 25.7. The number of ether oxygens (including phenoxy) is 1. The summed E-state index contributed by atoms with van der Waals surface area (Å²) in [5.41, 5.74) is 9.21. The van der Waals surface area contributed by atoms with E-state index in [1.165, 1.54) is 17.7 Å². The molecule has 0 aliphatic carbocycles. The molecule has 4 heterocycles. The van der Waals surface area contributed by atoms with Crippen molar-refractivity contribution < 1.29 is 9.13 Å². The van der Waals surface area contributed by atoms with Crippen molar-refractivity contribution in [3.63, 3.8) is 0 Å². The number of aromatic nitrogens is 5. The fraction of sp³-hybridized carbons (Fsp3) is 0.162. The first-order chi connectivity index (χ1) is 22.5. The molecule has 0 bridgehead atoms. The standard InChI is InChI=1S/C37H34FN7O/c1-45(2)12-13-46-30-16-27(15-29(38)18-30)31-10-11-41-37-32(31)19-35(42-37)36-33-17-26(8-9-34(33)43-44-36)28-14-25(22-40-23-28)21-39-20-24-6-4-3-5-7-24/h3-11,14-19,22-23,39H,12-13,20-21H2,1-2H3,(H,41,42)(H,43,44). The number of aromatic amines is 2. The largest absolute Gasteiger partial charge is 0.492 e. The number of hydrogen-bond acceptors (Lipinski definition) is 6. The molecule has 7 rings (SSSR count). The molecule has 0 unspecified atom stereocenters. The molecule has 0 aliphatic rings. The highest BCUT2D eigenvalue weighted by Gasteiger charge is 2.16. The molecule has 0 atom stereocenters. The molecule has 0 aliphatic heterocycles. The first kappa shape index (κ1) is 29.3. The third kappa shape index (κ3) is 6.37. The molecule has 230 valence electrons. The predicted octanol–water partition coefficient (Wildman–Crippen LogP) is 7.20. The molecule has 0 radical (unpaired) electrons. The number of pyridine rings is 2. The van der Waals surface area contributed by atoms with E-state index >= 15 is 0 Å². The molecule has 46 heavy (non-hydrogen) atoms. The van der Waals surface area contributed by atoms with Gasteiger partial charge in [0.25, 0.3) is 0 Å². The highest BCUT2D eigenvalue weighted by Crippen LogP contribution is 2.36. The van der Waals surface area contributed by atoms with Gasteiger partial charge in [0.2, 0.25) is 0 Å². The van der Waals surface area contributed by atoms with Crippen LogP contribution in [0.15, 0.2) is 104 Å². The Hall–Kier alpha value is -5.38. The van der Waals surface area contributed by atoms with Crippen LogP contribution in [0.4, 0.5) is 4.39 Å². The van der Waals surface area contributed by atoms with Crippen molar-refractivity contribution in [1.82, 2.24) is 35.4 Å². The summed E-state index contributed by atoms with van der Waals surface area (Å²) in [6.07, 6.45) is 5.51. The van der Waals surface area contributed by atoms with Crippen molar-refractivity contribution in [2.24, 2.45) is 0 Å². The summed E-state index contributed by atoms with van der Waals surface area (Å²) < 4.78 is 20.6. The average molecular weight is 612 g/mol. The SMILES string of the molecule is CN(C)CCOc1cc(F)cc(-c2ccnc3[nH]c(-c4n[nH]c5ccc(-c6cncc(CNCc7ccccc7)c6)cc45)cc23)c1. The van der Waals surface area contributed by atoms with Gasteiger partial charge in [-0.3, -0.25) is 10.1 Å². The van der Waals surface area contributed by atoms with E-state index in [-0.39, 0.29) is 5.82 Å². The smallest absolute Gasteiger partial charge is 0.138 e. The number of nitrogens with zero attached hydrogens (tertiary/aromatic N) is 4. The summed E-state index contributed by atoms with van der Waals surface area (Å²) in [7, 11) is 3.95. The molecule has 0 fully saturated rings. The van der Waals surface area contributed by atoms with Crippen molar-refractivity contribution in [2.75, 3.05) is 27.2 Å². The molecule has 0 amide bonds. The zero-order chi connectivity index (χ0) is 31.5. The van der Waals surface area contributed by atoms with Crippen molar-refractivity contribution >= 4 is 21.9 Å². The van der Waals surface area contributed by atoms with E-state index in [0.29, 0.717) is 24.5 Å². The molecule has 3 aromatic carbocycles. The van der Waals surface area contributed by atoms with Gasteiger partial charge in [-0.15, -0.1) is 0 Å². The van der Waals surface area contributed by atoms with Gasteiger partial charge in [-0.05, 0) is 84.4 Å². The van der Waals surface area contributed by atoms with E-state index in [0.717, 1.165) is 68.6 Å². The summed E-state index contributed by atoms with van der Waals surface area (Å²) >= 11 is 0. The van der Waals surface area contributed by atoms with Crippen molar-refractivity contribution in [3.8, 4) is 39.4 Å². The van der Waals surface area contributed by atoms with E-state index in [2.05, 4.69) is 72.9 Å². The fourth-order valence-corrected chi connectivity index (χ4v) is 5.64. The Kier molecular flexibility index (Phi) is 8.24. The maximum absolute atomic E-state index is 14.7. The van der Waals surface area contributed by atoms with Crippen LogP contribution in [-0.4, -0.2) is 57.3 Å². The predicted molar refractivity (Wildman–Crippen MR) is 181 cm³/mol. The van der Waals surface area contributed by atoms with Gasteiger partial charge in [-0.25, -0.2) is 9.37 Å². The van der Waals surface area contributed by atoms with Crippen molar-refractivity contribution in [3.05, 3.63) is 120 Å². The monoisotopic (exact) mass is 611 g/mol. The molecule has 8 nitrogen and oxygen atoms in total. The Labute approximate surface area is 266 Å². The minimum Gasteiger partial charge on any atom is -0.492 e.